The third-order valence-electron chi connectivity index (χ3n) is 3.08. The number of hydrogen-bond donors (Lipinski definition) is 1. The summed E-state index contributed by atoms with van der Waals surface area (Å²) in [6, 6.07) is 0. The first-order valence-corrected chi connectivity index (χ1v) is 7.59. The number of nitrogens with one attached hydrogen (secondary N) is 1. The molecule has 7 heteroatoms. The molecule has 1 aromatic rings. The molecular weight excluding hydrogens is 300 g/mol. The highest BCUT2D eigenvalue weighted by Crippen LogP contribution is 2.33. The van der Waals surface area contributed by atoms with Gasteiger partial charge in [-0.05, 0) is 19.8 Å². The summed E-state index contributed by atoms with van der Waals surface area (Å²) in [5.41, 5.74) is 0. The first kappa shape index (κ1) is 15.0. The van der Waals surface area contributed by atoms with Crippen molar-refractivity contribution in [1.82, 2.24) is 4.98 Å². The molecule has 108 valence electrons. The predicted molar refractivity (Wildman–Crippen MR) is 77.5 cm³/mol. The number of rotatable bonds is 4. The van der Waals surface area contributed by atoms with E-state index in [9.17, 15) is 9.59 Å². The molecule has 0 radical (unpaired) electrons. The number of amides is 1. The van der Waals surface area contributed by atoms with E-state index >= 15 is 0 Å². The number of thiazole rings is 1. The van der Waals surface area contributed by atoms with Gasteiger partial charge in [-0.15, -0.1) is 11.3 Å². The highest BCUT2D eigenvalue weighted by Gasteiger charge is 2.37. The Morgan fingerprint density at radius 1 is 1.55 bits per heavy atom. The second-order valence-corrected chi connectivity index (χ2v) is 5.76. The van der Waals surface area contributed by atoms with E-state index in [0.29, 0.717) is 29.6 Å². The van der Waals surface area contributed by atoms with Gasteiger partial charge in [0.2, 0.25) is 5.91 Å². The molecule has 2 atom stereocenters. The van der Waals surface area contributed by atoms with Gasteiger partial charge in [-0.25, -0.2) is 4.98 Å². The number of hydrogen-bond acceptors (Lipinski definition) is 5. The van der Waals surface area contributed by atoms with Gasteiger partial charge < -0.3 is 10.1 Å². The maximum Gasteiger partial charge on any atom is 0.310 e. The third kappa shape index (κ3) is 3.58. The maximum absolute atomic E-state index is 12.3. The number of anilines is 1. The molecule has 1 amide bonds. The van der Waals surface area contributed by atoms with Crippen LogP contribution in [-0.4, -0.2) is 23.5 Å². The molecule has 0 bridgehead atoms. The Balaban J connectivity index is 2.10. The summed E-state index contributed by atoms with van der Waals surface area (Å²) in [6.07, 6.45) is 4.16. The summed E-state index contributed by atoms with van der Waals surface area (Å²) >= 11 is 7.33. The molecule has 1 aliphatic carbocycles. The van der Waals surface area contributed by atoms with Crippen molar-refractivity contribution in [2.75, 3.05) is 11.9 Å². The second-order valence-electron chi connectivity index (χ2n) is 4.38. The molecule has 0 aromatic carbocycles. The van der Waals surface area contributed by atoms with Crippen LogP contribution in [0.1, 0.15) is 19.8 Å². The second kappa shape index (κ2) is 6.85. The van der Waals surface area contributed by atoms with Gasteiger partial charge in [-0.2, -0.15) is 0 Å². The van der Waals surface area contributed by atoms with Crippen molar-refractivity contribution in [2.24, 2.45) is 11.8 Å². The Bertz CT molecular complexity index is 516. The molecule has 0 spiro atoms. The fourth-order valence-electron chi connectivity index (χ4n) is 2.12. The quantitative estimate of drug-likeness (QED) is 0.868. The minimum Gasteiger partial charge on any atom is -0.466 e. The normalized spacial score (nSPS) is 22.0. The van der Waals surface area contributed by atoms with Crippen LogP contribution in [0.5, 0.6) is 0 Å². The number of aromatic nitrogens is 1. The lowest BCUT2D eigenvalue weighted by Crippen LogP contribution is -2.36. The van der Waals surface area contributed by atoms with Crippen LogP contribution in [0.15, 0.2) is 22.7 Å². The van der Waals surface area contributed by atoms with Crippen LogP contribution < -0.4 is 5.32 Å². The van der Waals surface area contributed by atoms with E-state index in [1.165, 1.54) is 11.3 Å². The van der Waals surface area contributed by atoms with Crippen molar-refractivity contribution < 1.29 is 14.3 Å². The van der Waals surface area contributed by atoms with Gasteiger partial charge in [0.15, 0.2) is 5.13 Å². The molecule has 1 aromatic heterocycles. The zero-order chi connectivity index (χ0) is 14.5. The Morgan fingerprint density at radius 3 is 3.00 bits per heavy atom. The van der Waals surface area contributed by atoms with E-state index in [1.807, 2.05) is 0 Å². The molecule has 2 rings (SSSR count). The maximum atomic E-state index is 12.3. The molecule has 0 saturated heterocycles. The van der Waals surface area contributed by atoms with Crippen molar-refractivity contribution in [1.29, 1.82) is 0 Å². The number of esters is 1. The molecule has 0 saturated carbocycles. The van der Waals surface area contributed by atoms with Crippen LogP contribution in [0.3, 0.4) is 0 Å². The zero-order valence-electron chi connectivity index (χ0n) is 11.0. The average molecular weight is 315 g/mol. The van der Waals surface area contributed by atoms with Crippen LogP contribution >= 0.6 is 22.9 Å². The average Bonchev–Trinajstić information content (AvgIpc) is 2.91. The molecule has 5 nitrogen and oxygen atoms in total. The first-order chi connectivity index (χ1) is 9.61. The Morgan fingerprint density at radius 2 is 2.35 bits per heavy atom. The molecule has 20 heavy (non-hydrogen) atoms. The van der Waals surface area contributed by atoms with Crippen LogP contribution in [0.4, 0.5) is 5.13 Å². The smallest absolute Gasteiger partial charge is 0.310 e. The van der Waals surface area contributed by atoms with Crippen LogP contribution in [-0.2, 0) is 14.3 Å². The fraction of sp³-hybridized carbons (Fsp3) is 0.462. The van der Waals surface area contributed by atoms with E-state index in [1.54, 1.807) is 24.6 Å². The molecule has 1 aliphatic rings. The van der Waals surface area contributed by atoms with Crippen molar-refractivity contribution >= 4 is 39.9 Å². The lowest BCUT2D eigenvalue weighted by Gasteiger charge is -2.26. The van der Waals surface area contributed by atoms with Gasteiger partial charge in [0.1, 0.15) is 0 Å². The first-order valence-electron chi connectivity index (χ1n) is 6.33. The molecular formula is C13H15ClN2O3S. The molecule has 1 N–H and O–H groups in total. The van der Waals surface area contributed by atoms with E-state index < -0.39 is 11.8 Å². The van der Waals surface area contributed by atoms with Gasteiger partial charge in [-0.3, -0.25) is 9.59 Å². The number of allylic oxidation sites excluding steroid dienone is 2. The minimum atomic E-state index is -0.518. The fourth-order valence-corrected chi connectivity index (χ4v) is 2.91. The number of carbonyl (C=O) groups is 2. The monoisotopic (exact) mass is 314 g/mol. The van der Waals surface area contributed by atoms with E-state index in [4.69, 9.17) is 16.3 Å². The van der Waals surface area contributed by atoms with Crippen molar-refractivity contribution in [2.45, 2.75) is 19.8 Å². The van der Waals surface area contributed by atoms with Gasteiger partial charge in [0.25, 0.3) is 0 Å². The Hall–Kier alpha value is -1.40. The largest absolute Gasteiger partial charge is 0.466 e. The van der Waals surface area contributed by atoms with Crippen LogP contribution in [0.25, 0.3) is 0 Å². The summed E-state index contributed by atoms with van der Waals surface area (Å²) in [7, 11) is 0. The zero-order valence-corrected chi connectivity index (χ0v) is 12.5. The van der Waals surface area contributed by atoms with Gasteiger partial charge in [0, 0.05) is 16.6 Å². The summed E-state index contributed by atoms with van der Waals surface area (Å²) in [5, 5.41) is 5.60. The molecule has 0 unspecified atom stereocenters. The van der Waals surface area contributed by atoms with Crippen molar-refractivity contribution in [3.05, 3.63) is 22.7 Å². The summed E-state index contributed by atoms with van der Waals surface area (Å²) in [4.78, 5) is 28.2. The van der Waals surface area contributed by atoms with Gasteiger partial charge in [0.05, 0.1) is 18.4 Å². The molecule has 0 fully saturated rings. The Kier molecular flexibility index (Phi) is 5.14. The number of carbonyl (C=O) groups excluding carboxylic acids is 2. The van der Waals surface area contributed by atoms with Crippen molar-refractivity contribution in [3.8, 4) is 0 Å². The standard InChI is InChI=1S/C13H15ClN2O3S/c1-2-19-12(18)9-4-3-8(14)7-10(9)11(17)16-13-15-5-6-20-13/h3,5-6,9-10H,2,4,7H2,1H3,(H,15,16,17)/t9-,10+/m0/s1. The minimum absolute atomic E-state index is 0.246. The summed E-state index contributed by atoms with van der Waals surface area (Å²) in [6.45, 7) is 2.04. The number of halogens is 1. The highest BCUT2D eigenvalue weighted by molar-refractivity contribution is 7.13. The Labute approximate surface area is 126 Å². The van der Waals surface area contributed by atoms with Crippen molar-refractivity contribution in [3.63, 3.8) is 0 Å². The van der Waals surface area contributed by atoms with Crippen LogP contribution in [0, 0.1) is 11.8 Å². The molecule has 0 aliphatic heterocycles. The molecule has 1 heterocycles. The highest BCUT2D eigenvalue weighted by atomic mass is 35.5. The summed E-state index contributed by atoms with van der Waals surface area (Å²) in [5.74, 6) is -1.61. The summed E-state index contributed by atoms with van der Waals surface area (Å²) < 4.78 is 5.03. The van der Waals surface area contributed by atoms with Gasteiger partial charge >= 0.3 is 5.97 Å². The number of ether oxygens (including phenoxy) is 1. The topological polar surface area (TPSA) is 68.3 Å². The lowest BCUT2D eigenvalue weighted by atomic mass is 9.82. The van der Waals surface area contributed by atoms with E-state index in [0.717, 1.165) is 0 Å². The van der Waals surface area contributed by atoms with Crippen LogP contribution in [0.2, 0.25) is 0 Å². The lowest BCUT2D eigenvalue weighted by molar-refractivity contribution is -0.152. The third-order valence-corrected chi connectivity index (χ3v) is 4.08. The van der Waals surface area contributed by atoms with E-state index in [-0.39, 0.29) is 11.9 Å². The SMILES string of the molecule is CCOC(=O)[C@H]1CC=C(Cl)C[C@H]1C(=O)Nc1nccs1. The predicted octanol–water partition coefficient (Wildman–Crippen LogP) is 2.79. The van der Waals surface area contributed by atoms with E-state index in [2.05, 4.69) is 10.3 Å². The van der Waals surface area contributed by atoms with Gasteiger partial charge in [-0.1, -0.05) is 17.7 Å². The number of nitrogens with zero attached hydrogens (tertiary/aromatic N) is 1.